The van der Waals surface area contributed by atoms with Crippen molar-refractivity contribution in [3.8, 4) is 5.75 Å². The summed E-state index contributed by atoms with van der Waals surface area (Å²) in [4.78, 5) is 16.7. The number of rotatable bonds is 3. The molecular weight excluding hydrogens is 254 g/mol. The number of nitrogens with zero attached hydrogens (tertiary/aromatic N) is 2. The van der Waals surface area contributed by atoms with Crippen molar-refractivity contribution < 1.29 is 9.90 Å². The van der Waals surface area contributed by atoms with Crippen molar-refractivity contribution in [3.05, 3.63) is 29.8 Å². The highest BCUT2D eigenvalue weighted by atomic mass is 16.3. The predicted molar refractivity (Wildman–Crippen MR) is 76.6 cm³/mol. The van der Waals surface area contributed by atoms with Crippen molar-refractivity contribution in [1.29, 1.82) is 0 Å². The van der Waals surface area contributed by atoms with Crippen molar-refractivity contribution in [1.82, 2.24) is 15.1 Å². The first-order valence-electron chi connectivity index (χ1n) is 7.23. The number of piperazine rings is 1. The number of benzene rings is 1. The molecule has 1 aromatic rings. The van der Waals surface area contributed by atoms with Crippen LogP contribution in [-0.4, -0.2) is 66.1 Å². The Balaban J connectivity index is 1.49. The number of phenolic OH excluding ortho intramolecular Hbond substituents is 1. The third kappa shape index (κ3) is 2.94. The molecule has 0 atom stereocenters. The van der Waals surface area contributed by atoms with Crippen LogP contribution in [0.25, 0.3) is 0 Å². The second-order valence-corrected chi connectivity index (χ2v) is 5.57. The number of hydrogen-bond acceptors (Lipinski definition) is 4. The number of amides is 1. The summed E-state index contributed by atoms with van der Waals surface area (Å²) in [6.45, 7) is 5.78. The Bertz CT molecular complexity index is 463. The molecule has 3 rings (SSSR count). The molecule has 5 nitrogen and oxygen atoms in total. The molecule has 108 valence electrons. The van der Waals surface area contributed by atoms with Crippen molar-refractivity contribution in [2.24, 2.45) is 0 Å². The summed E-state index contributed by atoms with van der Waals surface area (Å²) in [5, 5.41) is 12.5. The summed E-state index contributed by atoms with van der Waals surface area (Å²) in [6, 6.07) is 7.55. The van der Waals surface area contributed by atoms with Crippen LogP contribution in [0.15, 0.2) is 24.3 Å². The molecule has 2 saturated heterocycles. The number of carbonyl (C=O) groups is 1. The Labute approximate surface area is 119 Å². The molecule has 0 unspecified atom stereocenters. The Hall–Kier alpha value is -1.59. The zero-order valence-corrected chi connectivity index (χ0v) is 11.6. The van der Waals surface area contributed by atoms with E-state index in [1.54, 1.807) is 12.1 Å². The van der Waals surface area contributed by atoms with Crippen LogP contribution in [0.4, 0.5) is 0 Å². The number of hydrogen-bond donors (Lipinski definition) is 2. The lowest BCUT2D eigenvalue weighted by molar-refractivity contribution is -0.132. The second-order valence-electron chi connectivity index (χ2n) is 5.57. The van der Waals surface area contributed by atoms with E-state index in [1.165, 1.54) is 0 Å². The van der Waals surface area contributed by atoms with E-state index in [-0.39, 0.29) is 11.7 Å². The molecule has 5 heteroatoms. The molecule has 1 aromatic carbocycles. The van der Waals surface area contributed by atoms with Gasteiger partial charge in [-0.25, -0.2) is 0 Å². The van der Waals surface area contributed by atoms with E-state index in [2.05, 4.69) is 10.2 Å². The zero-order chi connectivity index (χ0) is 13.9. The number of phenols is 1. The molecule has 2 fully saturated rings. The first-order valence-corrected chi connectivity index (χ1v) is 7.23. The van der Waals surface area contributed by atoms with E-state index < -0.39 is 0 Å². The molecule has 0 aliphatic carbocycles. The van der Waals surface area contributed by atoms with Gasteiger partial charge >= 0.3 is 0 Å². The molecule has 0 spiro atoms. The second kappa shape index (κ2) is 5.81. The van der Waals surface area contributed by atoms with Gasteiger partial charge in [0.15, 0.2) is 0 Å². The quantitative estimate of drug-likeness (QED) is 0.818. The summed E-state index contributed by atoms with van der Waals surface area (Å²) in [5.41, 5.74) is 0.957. The van der Waals surface area contributed by atoms with Gasteiger partial charge in [0.05, 0.1) is 6.42 Å². The Morgan fingerprint density at radius 2 is 1.80 bits per heavy atom. The average Bonchev–Trinajstić information content (AvgIpc) is 2.40. The number of carbonyl (C=O) groups excluding carboxylic acids is 1. The minimum absolute atomic E-state index is 0.182. The highest BCUT2D eigenvalue weighted by Crippen LogP contribution is 2.13. The van der Waals surface area contributed by atoms with Crippen LogP contribution < -0.4 is 5.32 Å². The average molecular weight is 275 g/mol. The lowest BCUT2D eigenvalue weighted by atomic mass is 10.1. The molecule has 0 saturated carbocycles. The Morgan fingerprint density at radius 3 is 2.35 bits per heavy atom. The van der Waals surface area contributed by atoms with Crippen LogP contribution in [0.3, 0.4) is 0 Å². The largest absolute Gasteiger partial charge is 0.508 e. The van der Waals surface area contributed by atoms with Crippen molar-refractivity contribution in [2.75, 3.05) is 39.3 Å². The Kier molecular flexibility index (Phi) is 3.89. The SMILES string of the molecule is O=C(Cc1ccc(O)cc1)N1CCN(C2CNC2)CC1. The summed E-state index contributed by atoms with van der Waals surface area (Å²) in [7, 11) is 0. The van der Waals surface area contributed by atoms with Gasteiger partial charge < -0.3 is 15.3 Å². The van der Waals surface area contributed by atoms with Gasteiger partial charge in [0, 0.05) is 45.3 Å². The molecular formula is C15H21N3O2. The normalized spacial score (nSPS) is 20.7. The fourth-order valence-corrected chi connectivity index (χ4v) is 2.77. The van der Waals surface area contributed by atoms with Crippen LogP contribution in [0.2, 0.25) is 0 Å². The molecule has 0 bridgehead atoms. The maximum atomic E-state index is 12.2. The van der Waals surface area contributed by atoms with E-state index >= 15 is 0 Å². The fourth-order valence-electron chi connectivity index (χ4n) is 2.77. The van der Waals surface area contributed by atoms with Crippen molar-refractivity contribution in [2.45, 2.75) is 12.5 Å². The molecule has 2 heterocycles. The first-order chi connectivity index (χ1) is 9.72. The van der Waals surface area contributed by atoms with E-state index in [0.29, 0.717) is 12.5 Å². The first kappa shape index (κ1) is 13.4. The maximum absolute atomic E-state index is 12.2. The fraction of sp³-hybridized carbons (Fsp3) is 0.533. The molecule has 2 aliphatic heterocycles. The molecule has 0 radical (unpaired) electrons. The smallest absolute Gasteiger partial charge is 0.227 e. The van der Waals surface area contributed by atoms with Crippen LogP contribution in [-0.2, 0) is 11.2 Å². The van der Waals surface area contributed by atoms with Crippen LogP contribution >= 0.6 is 0 Å². The van der Waals surface area contributed by atoms with E-state index in [0.717, 1.165) is 44.8 Å². The summed E-state index contributed by atoms with van der Waals surface area (Å²) in [5.74, 6) is 0.422. The van der Waals surface area contributed by atoms with Gasteiger partial charge in [-0.3, -0.25) is 9.69 Å². The molecule has 1 amide bonds. The number of nitrogens with one attached hydrogen (secondary N) is 1. The summed E-state index contributed by atoms with van der Waals surface area (Å²) in [6.07, 6.45) is 0.422. The van der Waals surface area contributed by atoms with Crippen LogP contribution in [0.1, 0.15) is 5.56 Å². The molecule has 2 aliphatic rings. The van der Waals surface area contributed by atoms with E-state index in [9.17, 15) is 9.90 Å². The number of aromatic hydroxyl groups is 1. The molecule has 2 N–H and O–H groups in total. The van der Waals surface area contributed by atoms with Gasteiger partial charge in [-0.1, -0.05) is 12.1 Å². The van der Waals surface area contributed by atoms with Gasteiger partial charge in [-0.05, 0) is 17.7 Å². The standard InChI is InChI=1S/C15H21N3O2/c19-14-3-1-12(2-4-14)9-15(20)18-7-5-17(6-8-18)13-10-16-11-13/h1-4,13,16,19H,5-11H2. The monoisotopic (exact) mass is 275 g/mol. The zero-order valence-electron chi connectivity index (χ0n) is 11.6. The minimum Gasteiger partial charge on any atom is -0.508 e. The van der Waals surface area contributed by atoms with E-state index in [4.69, 9.17) is 0 Å². The van der Waals surface area contributed by atoms with Crippen LogP contribution in [0, 0.1) is 0 Å². The minimum atomic E-state index is 0.182. The topological polar surface area (TPSA) is 55.8 Å². The third-order valence-electron chi connectivity index (χ3n) is 4.23. The lowest BCUT2D eigenvalue weighted by Crippen LogP contribution is -2.62. The predicted octanol–water partition coefficient (Wildman–Crippen LogP) is 0.0507. The lowest BCUT2D eigenvalue weighted by Gasteiger charge is -2.43. The van der Waals surface area contributed by atoms with Crippen molar-refractivity contribution in [3.63, 3.8) is 0 Å². The summed E-state index contributed by atoms with van der Waals surface area (Å²) >= 11 is 0. The van der Waals surface area contributed by atoms with Gasteiger partial charge in [-0.15, -0.1) is 0 Å². The maximum Gasteiger partial charge on any atom is 0.227 e. The molecule has 20 heavy (non-hydrogen) atoms. The van der Waals surface area contributed by atoms with Gasteiger partial charge in [0.1, 0.15) is 5.75 Å². The van der Waals surface area contributed by atoms with Crippen LogP contribution in [0.5, 0.6) is 5.75 Å². The highest BCUT2D eigenvalue weighted by molar-refractivity contribution is 5.78. The third-order valence-corrected chi connectivity index (χ3v) is 4.23. The highest BCUT2D eigenvalue weighted by Gasteiger charge is 2.28. The van der Waals surface area contributed by atoms with Crippen molar-refractivity contribution >= 4 is 5.91 Å². The van der Waals surface area contributed by atoms with E-state index in [1.807, 2.05) is 17.0 Å². The van der Waals surface area contributed by atoms with Gasteiger partial charge in [-0.2, -0.15) is 0 Å². The molecule has 0 aromatic heterocycles. The summed E-state index contributed by atoms with van der Waals surface area (Å²) < 4.78 is 0. The van der Waals surface area contributed by atoms with Gasteiger partial charge in [0.2, 0.25) is 5.91 Å². The van der Waals surface area contributed by atoms with Gasteiger partial charge in [0.25, 0.3) is 0 Å². The Morgan fingerprint density at radius 1 is 1.15 bits per heavy atom.